The Hall–Kier alpha value is -1.32. The Morgan fingerprint density at radius 3 is 2.63 bits per heavy atom. The third kappa shape index (κ3) is 3.17. The van der Waals surface area contributed by atoms with Crippen molar-refractivity contribution >= 4 is 5.82 Å². The van der Waals surface area contributed by atoms with Crippen LogP contribution in [-0.2, 0) is 0 Å². The smallest absolute Gasteiger partial charge is 0.222 e. The summed E-state index contributed by atoms with van der Waals surface area (Å²) in [6.45, 7) is 6.58. The first kappa shape index (κ1) is 14.1. The van der Waals surface area contributed by atoms with Gasteiger partial charge in [0.05, 0.1) is 5.56 Å². The van der Waals surface area contributed by atoms with Crippen LogP contribution in [0.25, 0.3) is 0 Å². The predicted molar refractivity (Wildman–Crippen MR) is 77.7 cm³/mol. The Morgan fingerprint density at radius 1 is 1.26 bits per heavy atom. The van der Waals surface area contributed by atoms with Gasteiger partial charge in [0.2, 0.25) is 5.88 Å². The highest BCUT2D eigenvalue weighted by molar-refractivity contribution is 5.50. The molecule has 1 aromatic rings. The molecule has 1 heterocycles. The molecule has 19 heavy (non-hydrogen) atoms. The fourth-order valence-electron chi connectivity index (χ4n) is 2.79. The quantitative estimate of drug-likeness (QED) is 0.901. The molecule has 2 atom stereocenters. The Labute approximate surface area is 116 Å². The minimum atomic E-state index is 0.297. The molecule has 0 radical (unpaired) electrons. The zero-order chi connectivity index (χ0) is 13.8. The van der Waals surface area contributed by atoms with Crippen LogP contribution in [0, 0.1) is 5.92 Å². The van der Waals surface area contributed by atoms with E-state index in [9.17, 15) is 0 Å². The lowest BCUT2D eigenvalue weighted by atomic mass is 9.88. The molecule has 0 spiro atoms. The zero-order valence-corrected chi connectivity index (χ0v) is 12.4. The summed E-state index contributed by atoms with van der Waals surface area (Å²) in [6.07, 6.45) is 6.86. The van der Waals surface area contributed by atoms with Crippen molar-refractivity contribution in [3.63, 3.8) is 0 Å². The van der Waals surface area contributed by atoms with Gasteiger partial charge in [0.25, 0.3) is 0 Å². The molecular weight excluding hydrogens is 238 g/mol. The highest BCUT2D eigenvalue weighted by Gasteiger charge is 2.25. The number of nitrogens with zero attached hydrogens (tertiary/aromatic N) is 2. The van der Waals surface area contributed by atoms with Gasteiger partial charge in [-0.15, -0.1) is 0 Å². The van der Waals surface area contributed by atoms with E-state index in [1.54, 1.807) is 6.33 Å². The molecule has 106 valence electrons. The van der Waals surface area contributed by atoms with Crippen LogP contribution in [0.4, 0.5) is 5.82 Å². The fraction of sp³-hybridized carbons (Fsp3) is 0.733. The Kier molecular flexibility index (Phi) is 4.61. The van der Waals surface area contributed by atoms with Gasteiger partial charge in [0.1, 0.15) is 18.2 Å². The average Bonchev–Trinajstić information content (AvgIpc) is 2.40. The molecule has 4 nitrogen and oxygen atoms in total. The molecule has 2 rings (SSSR count). The lowest BCUT2D eigenvalue weighted by molar-refractivity contribution is 0.0960. The number of nitrogens with one attached hydrogen (secondary N) is 1. The minimum absolute atomic E-state index is 0.297. The first-order valence-corrected chi connectivity index (χ1v) is 7.32. The molecule has 0 bridgehead atoms. The van der Waals surface area contributed by atoms with E-state index in [0.717, 1.165) is 23.7 Å². The van der Waals surface area contributed by atoms with Crippen LogP contribution in [-0.4, -0.2) is 23.1 Å². The second-order valence-corrected chi connectivity index (χ2v) is 5.76. The predicted octanol–water partition coefficient (Wildman–Crippen LogP) is 3.60. The van der Waals surface area contributed by atoms with E-state index in [4.69, 9.17) is 4.74 Å². The van der Waals surface area contributed by atoms with E-state index in [1.165, 1.54) is 19.3 Å². The molecular formula is C15H25N3O. The van der Waals surface area contributed by atoms with Gasteiger partial charge in [-0.05, 0) is 31.1 Å². The topological polar surface area (TPSA) is 47.0 Å². The first-order valence-electron chi connectivity index (χ1n) is 7.32. The fourth-order valence-corrected chi connectivity index (χ4v) is 2.79. The van der Waals surface area contributed by atoms with Crippen LogP contribution in [0.2, 0.25) is 0 Å². The van der Waals surface area contributed by atoms with E-state index >= 15 is 0 Å². The normalized spacial score (nSPS) is 23.4. The first-order chi connectivity index (χ1) is 9.13. The summed E-state index contributed by atoms with van der Waals surface area (Å²) < 4.78 is 6.21. The standard InChI is InChI=1S/C15H25N3O/c1-10(2)13-14(16-4)17-9-18-15(13)19-12-8-6-5-7-11(12)3/h9-12H,5-8H2,1-4H3,(H,16,17,18). The summed E-state index contributed by atoms with van der Waals surface area (Å²) in [6, 6.07) is 0. The maximum atomic E-state index is 6.21. The minimum Gasteiger partial charge on any atom is -0.474 e. The largest absolute Gasteiger partial charge is 0.474 e. The summed E-state index contributed by atoms with van der Waals surface area (Å²) in [5, 5.41) is 3.13. The maximum absolute atomic E-state index is 6.21. The number of anilines is 1. The number of hydrogen-bond acceptors (Lipinski definition) is 4. The van der Waals surface area contributed by atoms with Gasteiger partial charge in [0, 0.05) is 7.05 Å². The molecule has 1 N–H and O–H groups in total. The molecule has 0 amide bonds. The average molecular weight is 263 g/mol. The van der Waals surface area contributed by atoms with Crippen LogP contribution < -0.4 is 10.1 Å². The summed E-state index contributed by atoms with van der Waals surface area (Å²) in [7, 11) is 1.89. The molecule has 0 saturated heterocycles. The summed E-state index contributed by atoms with van der Waals surface area (Å²) in [5.74, 6) is 2.59. The van der Waals surface area contributed by atoms with Crippen molar-refractivity contribution in [2.45, 2.75) is 58.5 Å². The monoisotopic (exact) mass is 263 g/mol. The van der Waals surface area contributed by atoms with Crippen molar-refractivity contribution in [1.82, 2.24) is 9.97 Å². The molecule has 2 unspecified atom stereocenters. The van der Waals surface area contributed by atoms with Crippen LogP contribution in [0.5, 0.6) is 5.88 Å². The van der Waals surface area contributed by atoms with Crippen LogP contribution in [0.3, 0.4) is 0 Å². The van der Waals surface area contributed by atoms with Gasteiger partial charge >= 0.3 is 0 Å². The Bertz CT molecular complexity index is 420. The van der Waals surface area contributed by atoms with E-state index in [-0.39, 0.29) is 0 Å². The van der Waals surface area contributed by atoms with Crippen molar-refractivity contribution < 1.29 is 4.74 Å². The Morgan fingerprint density at radius 2 is 2.00 bits per heavy atom. The third-order valence-corrected chi connectivity index (χ3v) is 3.96. The van der Waals surface area contributed by atoms with Crippen molar-refractivity contribution in [2.24, 2.45) is 5.92 Å². The molecule has 0 aliphatic heterocycles. The summed E-state index contributed by atoms with van der Waals surface area (Å²) in [4.78, 5) is 8.65. The third-order valence-electron chi connectivity index (χ3n) is 3.96. The summed E-state index contributed by atoms with van der Waals surface area (Å²) >= 11 is 0. The van der Waals surface area contributed by atoms with E-state index in [0.29, 0.717) is 17.9 Å². The lowest BCUT2D eigenvalue weighted by Crippen LogP contribution is -2.29. The molecule has 1 saturated carbocycles. The zero-order valence-electron chi connectivity index (χ0n) is 12.4. The number of rotatable bonds is 4. The van der Waals surface area contributed by atoms with Crippen molar-refractivity contribution in [3.8, 4) is 5.88 Å². The Balaban J connectivity index is 2.23. The maximum Gasteiger partial charge on any atom is 0.222 e. The number of hydrogen-bond donors (Lipinski definition) is 1. The van der Waals surface area contributed by atoms with Crippen molar-refractivity contribution in [1.29, 1.82) is 0 Å². The van der Waals surface area contributed by atoms with Gasteiger partial charge < -0.3 is 10.1 Å². The van der Waals surface area contributed by atoms with Crippen molar-refractivity contribution in [2.75, 3.05) is 12.4 Å². The lowest BCUT2D eigenvalue weighted by Gasteiger charge is -2.30. The van der Waals surface area contributed by atoms with Gasteiger partial charge in [-0.1, -0.05) is 27.2 Å². The van der Waals surface area contributed by atoms with Crippen LogP contribution in [0.15, 0.2) is 6.33 Å². The molecule has 1 aliphatic carbocycles. The second kappa shape index (κ2) is 6.22. The van der Waals surface area contributed by atoms with Crippen LogP contribution in [0.1, 0.15) is 57.9 Å². The van der Waals surface area contributed by atoms with E-state index < -0.39 is 0 Å². The summed E-state index contributed by atoms with van der Waals surface area (Å²) in [5.41, 5.74) is 1.09. The van der Waals surface area contributed by atoms with Gasteiger partial charge in [-0.3, -0.25) is 0 Å². The van der Waals surface area contributed by atoms with Gasteiger partial charge in [0.15, 0.2) is 0 Å². The highest BCUT2D eigenvalue weighted by atomic mass is 16.5. The molecule has 0 aromatic carbocycles. The highest BCUT2D eigenvalue weighted by Crippen LogP contribution is 2.33. The van der Waals surface area contributed by atoms with Crippen molar-refractivity contribution in [3.05, 3.63) is 11.9 Å². The molecule has 1 fully saturated rings. The molecule has 1 aromatic heterocycles. The van der Waals surface area contributed by atoms with E-state index in [2.05, 4.69) is 36.1 Å². The SMILES string of the molecule is CNc1ncnc(OC2CCCCC2C)c1C(C)C. The second-order valence-electron chi connectivity index (χ2n) is 5.76. The molecule has 4 heteroatoms. The van der Waals surface area contributed by atoms with Crippen LogP contribution >= 0.6 is 0 Å². The van der Waals surface area contributed by atoms with Gasteiger partial charge in [-0.25, -0.2) is 9.97 Å². The van der Waals surface area contributed by atoms with Gasteiger partial charge in [-0.2, -0.15) is 0 Å². The number of ether oxygens (including phenoxy) is 1. The van der Waals surface area contributed by atoms with E-state index in [1.807, 2.05) is 7.05 Å². The number of aromatic nitrogens is 2. The molecule has 1 aliphatic rings.